The number of ketones is 1. The number of Topliss-reactive ketones (excluding diaryl/α,β-unsaturated/α-hetero) is 1. The smallest absolute Gasteiger partial charge is 0.303 e. The Hall–Kier alpha value is -3.32. The Kier molecular flexibility index (Phi) is 6.42. The second-order valence-electron chi connectivity index (χ2n) is 6.77. The van der Waals surface area contributed by atoms with E-state index < -0.39 is 23.7 Å². The predicted octanol–water partition coefficient (Wildman–Crippen LogP) is 3.64. The van der Waals surface area contributed by atoms with E-state index in [0.29, 0.717) is 21.9 Å². The highest BCUT2D eigenvalue weighted by Crippen LogP contribution is 2.40. The molecule has 30 heavy (non-hydrogen) atoms. The van der Waals surface area contributed by atoms with E-state index in [2.05, 4.69) is 0 Å². The van der Waals surface area contributed by atoms with Gasteiger partial charge in [-0.1, -0.05) is 23.7 Å². The van der Waals surface area contributed by atoms with Gasteiger partial charge in [-0.15, -0.1) is 0 Å². The lowest BCUT2D eigenvalue weighted by Crippen LogP contribution is -2.31. The van der Waals surface area contributed by atoms with Crippen LogP contribution in [0.3, 0.4) is 0 Å². The van der Waals surface area contributed by atoms with Crippen LogP contribution in [-0.4, -0.2) is 46.4 Å². The normalized spacial score (nSPS) is 17.9. The van der Waals surface area contributed by atoms with Gasteiger partial charge in [0.15, 0.2) is 0 Å². The van der Waals surface area contributed by atoms with Crippen molar-refractivity contribution in [3.8, 4) is 5.75 Å². The lowest BCUT2D eigenvalue weighted by molar-refractivity contribution is -0.140. The highest BCUT2D eigenvalue weighted by molar-refractivity contribution is 6.46. The van der Waals surface area contributed by atoms with Crippen molar-refractivity contribution in [1.82, 2.24) is 4.90 Å². The molecule has 1 saturated heterocycles. The number of hydrogen-bond donors (Lipinski definition) is 2. The molecular weight excluding hydrogens is 410 g/mol. The number of ether oxygens (including phenoxy) is 1. The summed E-state index contributed by atoms with van der Waals surface area (Å²) in [7, 11) is 1.52. The van der Waals surface area contributed by atoms with E-state index in [9.17, 15) is 19.5 Å². The Labute approximate surface area is 178 Å². The number of hydrogen-bond acceptors (Lipinski definition) is 5. The Morgan fingerprint density at radius 3 is 2.27 bits per heavy atom. The van der Waals surface area contributed by atoms with E-state index in [1.54, 1.807) is 48.5 Å². The van der Waals surface area contributed by atoms with Crippen LogP contribution in [0.15, 0.2) is 54.1 Å². The Morgan fingerprint density at radius 1 is 1.07 bits per heavy atom. The standard InChI is InChI=1S/C22H20ClNO6/c1-30-16-10-6-13(7-11-16)19-18(20(27)14-4-8-15(23)9-5-14)21(28)22(29)24(19)12-2-3-17(25)26/h4-11,19,27H,2-3,12H2,1H3,(H,25,26)/b20-18-. The molecule has 0 aromatic heterocycles. The summed E-state index contributed by atoms with van der Waals surface area (Å²) in [6, 6.07) is 12.2. The predicted molar refractivity (Wildman–Crippen MR) is 110 cm³/mol. The third-order valence-electron chi connectivity index (χ3n) is 4.88. The SMILES string of the molecule is COc1ccc(C2/C(=C(/O)c3ccc(Cl)cc3)C(=O)C(=O)N2CCCC(=O)O)cc1. The average Bonchev–Trinajstić information content (AvgIpc) is 2.98. The first-order valence-corrected chi connectivity index (χ1v) is 9.61. The number of rotatable bonds is 7. The van der Waals surface area contributed by atoms with Gasteiger partial charge in [0, 0.05) is 23.6 Å². The summed E-state index contributed by atoms with van der Waals surface area (Å²) in [5.41, 5.74) is 0.894. The van der Waals surface area contributed by atoms with Crippen molar-refractivity contribution in [1.29, 1.82) is 0 Å². The summed E-state index contributed by atoms with van der Waals surface area (Å²) in [6.45, 7) is 0.0605. The highest BCUT2D eigenvalue weighted by atomic mass is 35.5. The van der Waals surface area contributed by atoms with Crippen LogP contribution in [0, 0.1) is 0 Å². The van der Waals surface area contributed by atoms with E-state index >= 15 is 0 Å². The fourth-order valence-electron chi connectivity index (χ4n) is 3.41. The van der Waals surface area contributed by atoms with Crippen LogP contribution in [0.4, 0.5) is 0 Å². The van der Waals surface area contributed by atoms with E-state index in [-0.39, 0.29) is 30.7 Å². The summed E-state index contributed by atoms with van der Waals surface area (Å²) in [5.74, 6) is -2.31. The topological polar surface area (TPSA) is 104 Å². The third-order valence-corrected chi connectivity index (χ3v) is 5.13. The van der Waals surface area contributed by atoms with Gasteiger partial charge in [-0.3, -0.25) is 14.4 Å². The zero-order valence-corrected chi connectivity index (χ0v) is 16.9. The van der Waals surface area contributed by atoms with Gasteiger partial charge < -0.3 is 19.8 Å². The molecule has 0 radical (unpaired) electrons. The molecule has 8 heteroatoms. The number of carboxylic acid groups (broad SMARTS) is 1. The third kappa shape index (κ3) is 4.31. The number of carbonyl (C=O) groups excluding carboxylic acids is 2. The molecule has 0 aliphatic carbocycles. The lowest BCUT2D eigenvalue weighted by Gasteiger charge is -2.25. The molecule has 1 unspecified atom stereocenters. The summed E-state index contributed by atoms with van der Waals surface area (Å²) in [4.78, 5) is 37.7. The molecule has 1 aliphatic rings. The summed E-state index contributed by atoms with van der Waals surface area (Å²) >= 11 is 5.90. The Balaban J connectivity index is 2.08. The summed E-state index contributed by atoms with van der Waals surface area (Å²) < 4.78 is 5.16. The van der Waals surface area contributed by atoms with Crippen molar-refractivity contribution in [3.63, 3.8) is 0 Å². The Morgan fingerprint density at radius 2 is 1.70 bits per heavy atom. The molecule has 1 amide bonds. The van der Waals surface area contributed by atoms with Gasteiger partial charge in [-0.05, 0) is 48.4 Å². The van der Waals surface area contributed by atoms with Gasteiger partial charge in [0.1, 0.15) is 11.5 Å². The van der Waals surface area contributed by atoms with Crippen molar-refractivity contribution in [3.05, 3.63) is 70.3 Å². The first-order valence-electron chi connectivity index (χ1n) is 9.23. The number of amides is 1. The number of methoxy groups -OCH3 is 1. The van der Waals surface area contributed by atoms with Gasteiger partial charge in [-0.2, -0.15) is 0 Å². The van der Waals surface area contributed by atoms with Crippen LogP contribution in [-0.2, 0) is 14.4 Å². The fourth-order valence-corrected chi connectivity index (χ4v) is 3.53. The zero-order valence-electron chi connectivity index (χ0n) is 16.2. The van der Waals surface area contributed by atoms with Crippen molar-refractivity contribution < 1.29 is 29.3 Å². The minimum Gasteiger partial charge on any atom is -0.507 e. The fraction of sp³-hybridized carbons (Fsp3) is 0.227. The molecule has 0 saturated carbocycles. The molecule has 2 aromatic carbocycles. The number of carboxylic acids is 1. The van der Waals surface area contributed by atoms with E-state index in [1.807, 2.05) is 0 Å². The first kappa shape index (κ1) is 21.4. The maximum Gasteiger partial charge on any atom is 0.303 e. The number of nitrogens with zero attached hydrogens (tertiary/aromatic N) is 1. The van der Waals surface area contributed by atoms with E-state index in [4.69, 9.17) is 21.4 Å². The number of carbonyl (C=O) groups is 3. The number of halogens is 1. The molecule has 1 atom stereocenters. The lowest BCUT2D eigenvalue weighted by atomic mass is 9.95. The second-order valence-corrected chi connectivity index (χ2v) is 7.21. The van der Waals surface area contributed by atoms with Crippen LogP contribution in [0.2, 0.25) is 5.02 Å². The first-order chi connectivity index (χ1) is 14.3. The number of benzene rings is 2. The summed E-state index contributed by atoms with van der Waals surface area (Å²) in [5, 5.41) is 20.3. The van der Waals surface area contributed by atoms with Crippen LogP contribution in [0.25, 0.3) is 5.76 Å². The van der Waals surface area contributed by atoms with Crippen molar-refractivity contribution in [2.45, 2.75) is 18.9 Å². The molecule has 2 N–H and O–H groups in total. The summed E-state index contributed by atoms with van der Waals surface area (Å²) in [6.07, 6.45) is 0.0332. The van der Waals surface area contributed by atoms with Gasteiger partial charge in [-0.25, -0.2) is 0 Å². The van der Waals surface area contributed by atoms with Crippen LogP contribution < -0.4 is 4.74 Å². The van der Waals surface area contributed by atoms with Crippen molar-refractivity contribution >= 4 is 35.0 Å². The van der Waals surface area contributed by atoms with Crippen molar-refractivity contribution in [2.24, 2.45) is 0 Å². The highest BCUT2D eigenvalue weighted by Gasteiger charge is 2.45. The molecule has 1 fully saturated rings. The molecule has 2 aromatic rings. The molecule has 0 bridgehead atoms. The minimum atomic E-state index is -0.992. The average molecular weight is 430 g/mol. The molecule has 1 aliphatic heterocycles. The Bertz CT molecular complexity index is 997. The van der Waals surface area contributed by atoms with E-state index in [1.165, 1.54) is 12.0 Å². The maximum atomic E-state index is 12.8. The molecule has 7 nitrogen and oxygen atoms in total. The molecular formula is C22H20ClNO6. The van der Waals surface area contributed by atoms with Crippen LogP contribution in [0.1, 0.15) is 30.0 Å². The number of aliphatic hydroxyl groups is 1. The van der Waals surface area contributed by atoms with E-state index in [0.717, 1.165) is 0 Å². The molecule has 1 heterocycles. The zero-order chi connectivity index (χ0) is 21.8. The second kappa shape index (κ2) is 9.00. The molecule has 3 rings (SSSR count). The minimum absolute atomic E-state index is 0.0529. The quantitative estimate of drug-likeness (QED) is 0.395. The van der Waals surface area contributed by atoms with Gasteiger partial charge >= 0.3 is 5.97 Å². The van der Waals surface area contributed by atoms with Crippen molar-refractivity contribution in [2.75, 3.05) is 13.7 Å². The molecule has 156 valence electrons. The van der Waals surface area contributed by atoms with Crippen LogP contribution >= 0.6 is 11.6 Å². The largest absolute Gasteiger partial charge is 0.507 e. The molecule has 0 spiro atoms. The van der Waals surface area contributed by atoms with Gasteiger partial charge in [0.2, 0.25) is 0 Å². The number of aliphatic hydroxyl groups excluding tert-OH is 1. The van der Waals surface area contributed by atoms with Gasteiger partial charge in [0.25, 0.3) is 11.7 Å². The van der Waals surface area contributed by atoms with Gasteiger partial charge in [0.05, 0.1) is 18.7 Å². The number of aliphatic carboxylic acids is 1. The maximum absolute atomic E-state index is 12.8. The van der Waals surface area contributed by atoms with Crippen LogP contribution in [0.5, 0.6) is 5.75 Å². The number of likely N-dealkylation sites (tertiary alicyclic amines) is 1. The monoisotopic (exact) mass is 429 g/mol.